The van der Waals surface area contributed by atoms with E-state index in [1.54, 1.807) is 31.2 Å². The first-order chi connectivity index (χ1) is 16.6. The maximum absolute atomic E-state index is 12.8. The number of carbonyl (C=O) groups excluding carboxylic acids is 1. The number of amides is 1. The predicted octanol–water partition coefficient (Wildman–Crippen LogP) is 3.72. The van der Waals surface area contributed by atoms with E-state index in [4.69, 9.17) is 23.2 Å². The second kappa shape index (κ2) is 11.4. The van der Waals surface area contributed by atoms with Gasteiger partial charge in [0.25, 0.3) is 5.91 Å². The van der Waals surface area contributed by atoms with Crippen LogP contribution in [0.4, 0.5) is 11.5 Å². The summed E-state index contributed by atoms with van der Waals surface area (Å²) in [6.45, 7) is 1.73. The Morgan fingerprint density at radius 2 is 1.80 bits per heavy atom. The average molecular weight is 538 g/mol. The van der Waals surface area contributed by atoms with Gasteiger partial charge in [0.1, 0.15) is 18.2 Å². The number of hydrogen-bond donors (Lipinski definition) is 3. The minimum Gasteiger partial charge on any atom is -0.480 e. The highest BCUT2D eigenvalue weighted by Gasteiger charge is 2.23. The SMILES string of the molecule is CCCS(=O)(=O)c1cc(N[C@@H](Cc2ccccc2NC(=O)c2c(Cl)cncc2Cl)C(=O)O)ncn1. The average Bonchev–Trinajstić information content (AvgIpc) is 2.80. The van der Waals surface area contributed by atoms with Gasteiger partial charge in [-0.05, 0) is 18.1 Å². The quantitative estimate of drug-likeness (QED) is 0.328. The summed E-state index contributed by atoms with van der Waals surface area (Å²) in [5.41, 5.74) is 0.881. The number of carboxylic acids is 1. The number of nitrogens with zero attached hydrogens (tertiary/aromatic N) is 3. The van der Waals surface area contributed by atoms with Gasteiger partial charge < -0.3 is 15.7 Å². The van der Waals surface area contributed by atoms with Gasteiger partial charge in [-0.25, -0.2) is 23.2 Å². The highest BCUT2D eigenvalue weighted by atomic mass is 35.5. The summed E-state index contributed by atoms with van der Waals surface area (Å²) < 4.78 is 24.6. The number of anilines is 2. The molecule has 1 aromatic carbocycles. The number of pyridine rings is 1. The van der Waals surface area contributed by atoms with Crippen molar-refractivity contribution in [2.75, 3.05) is 16.4 Å². The molecule has 0 spiro atoms. The molecule has 184 valence electrons. The van der Waals surface area contributed by atoms with Crippen LogP contribution in [0.3, 0.4) is 0 Å². The van der Waals surface area contributed by atoms with Gasteiger partial charge in [-0.2, -0.15) is 0 Å². The molecule has 3 aromatic rings. The van der Waals surface area contributed by atoms with Crippen molar-refractivity contribution in [1.29, 1.82) is 0 Å². The van der Waals surface area contributed by atoms with Crippen LogP contribution < -0.4 is 10.6 Å². The van der Waals surface area contributed by atoms with E-state index in [1.807, 2.05) is 0 Å². The molecule has 0 aliphatic heterocycles. The Labute approximate surface area is 211 Å². The highest BCUT2D eigenvalue weighted by molar-refractivity contribution is 7.91. The summed E-state index contributed by atoms with van der Waals surface area (Å²) in [6.07, 6.45) is 3.97. The molecule has 0 unspecified atom stereocenters. The van der Waals surface area contributed by atoms with Crippen molar-refractivity contribution in [2.45, 2.75) is 30.8 Å². The number of halogens is 2. The molecular weight excluding hydrogens is 517 g/mol. The van der Waals surface area contributed by atoms with Crippen molar-refractivity contribution in [3.05, 3.63) is 70.2 Å². The first-order valence-corrected chi connectivity index (χ1v) is 12.8. The largest absolute Gasteiger partial charge is 0.480 e. The van der Waals surface area contributed by atoms with Crippen LogP contribution in [0.25, 0.3) is 0 Å². The molecule has 0 radical (unpaired) electrons. The Hall–Kier alpha value is -3.28. The summed E-state index contributed by atoms with van der Waals surface area (Å²) in [5.74, 6) is -1.84. The van der Waals surface area contributed by atoms with E-state index in [2.05, 4.69) is 25.6 Å². The van der Waals surface area contributed by atoms with Crippen molar-refractivity contribution < 1.29 is 23.1 Å². The zero-order valence-electron chi connectivity index (χ0n) is 18.4. The number of carboxylic acid groups (broad SMARTS) is 1. The Morgan fingerprint density at radius 3 is 2.46 bits per heavy atom. The number of para-hydroxylation sites is 1. The molecule has 3 rings (SSSR count). The number of sulfone groups is 1. The summed E-state index contributed by atoms with van der Waals surface area (Å²) in [4.78, 5) is 36.3. The minimum absolute atomic E-state index is 0.0350. The molecule has 2 aromatic heterocycles. The van der Waals surface area contributed by atoms with Gasteiger partial charge in [0, 0.05) is 30.6 Å². The van der Waals surface area contributed by atoms with Gasteiger partial charge in [-0.3, -0.25) is 9.78 Å². The highest BCUT2D eigenvalue weighted by Crippen LogP contribution is 2.26. The lowest BCUT2D eigenvalue weighted by atomic mass is 10.0. The third-order valence-electron chi connectivity index (χ3n) is 4.82. The fraction of sp³-hybridized carbons (Fsp3) is 0.227. The molecule has 0 saturated heterocycles. The molecule has 0 fully saturated rings. The van der Waals surface area contributed by atoms with E-state index in [-0.39, 0.29) is 38.6 Å². The fourth-order valence-electron chi connectivity index (χ4n) is 3.19. The molecule has 0 bridgehead atoms. The van der Waals surface area contributed by atoms with Crippen molar-refractivity contribution in [3.8, 4) is 0 Å². The van der Waals surface area contributed by atoms with Crippen LogP contribution in [0.2, 0.25) is 10.0 Å². The topological polar surface area (TPSA) is 151 Å². The zero-order valence-corrected chi connectivity index (χ0v) is 20.7. The monoisotopic (exact) mass is 537 g/mol. The summed E-state index contributed by atoms with van der Waals surface area (Å²) in [7, 11) is -3.61. The minimum atomic E-state index is -3.61. The van der Waals surface area contributed by atoms with Gasteiger partial charge in [0.05, 0.1) is 21.4 Å². The number of nitrogens with one attached hydrogen (secondary N) is 2. The van der Waals surface area contributed by atoms with Gasteiger partial charge in [0.2, 0.25) is 0 Å². The first kappa shape index (κ1) is 26.3. The van der Waals surface area contributed by atoms with Crippen LogP contribution in [-0.4, -0.2) is 52.1 Å². The van der Waals surface area contributed by atoms with Crippen LogP contribution >= 0.6 is 23.2 Å². The van der Waals surface area contributed by atoms with Crippen LogP contribution in [0.15, 0.2) is 54.1 Å². The number of rotatable bonds is 10. The molecule has 10 nitrogen and oxygen atoms in total. The van der Waals surface area contributed by atoms with Crippen molar-refractivity contribution >= 4 is 56.4 Å². The van der Waals surface area contributed by atoms with Gasteiger partial charge in [0.15, 0.2) is 14.9 Å². The Bertz CT molecular complexity index is 1330. The second-order valence-corrected chi connectivity index (χ2v) is 10.3. The number of hydrogen-bond acceptors (Lipinski definition) is 8. The Morgan fingerprint density at radius 1 is 1.11 bits per heavy atom. The van der Waals surface area contributed by atoms with Gasteiger partial charge in [-0.1, -0.05) is 48.3 Å². The molecule has 0 aliphatic carbocycles. The lowest BCUT2D eigenvalue weighted by molar-refractivity contribution is -0.137. The van der Waals surface area contributed by atoms with Crippen molar-refractivity contribution in [2.24, 2.45) is 0 Å². The van der Waals surface area contributed by atoms with Crippen LogP contribution in [0.1, 0.15) is 29.3 Å². The number of carbonyl (C=O) groups is 2. The smallest absolute Gasteiger partial charge is 0.326 e. The Balaban J connectivity index is 1.84. The van der Waals surface area contributed by atoms with Gasteiger partial charge in [-0.15, -0.1) is 0 Å². The van der Waals surface area contributed by atoms with Crippen LogP contribution in [-0.2, 0) is 21.1 Å². The summed E-state index contributed by atoms with van der Waals surface area (Å²) >= 11 is 12.1. The Kier molecular flexibility index (Phi) is 8.60. The lowest BCUT2D eigenvalue weighted by Crippen LogP contribution is -2.32. The predicted molar refractivity (Wildman–Crippen MR) is 132 cm³/mol. The van der Waals surface area contributed by atoms with E-state index in [1.165, 1.54) is 18.5 Å². The maximum atomic E-state index is 12.8. The third-order valence-corrected chi connectivity index (χ3v) is 7.20. The number of benzene rings is 1. The van der Waals surface area contributed by atoms with Crippen molar-refractivity contribution in [3.63, 3.8) is 0 Å². The lowest BCUT2D eigenvalue weighted by Gasteiger charge is -2.18. The van der Waals surface area contributed by atoms with Crippen LogP contribution in [0.5, 0.6) is 0 Å². The molecular formula is C22H21Cl2N5O5S. The molecule has 35 heavy (non-hydrogen) atoms. The number of aromatic nitrogens is 3. The zero-order chi connectivity index (χ0) is 25.6. The summed E-state index contributed by atoms with van der Waals surface area (Å²) in [6, 6.07) is 6.62. The molecule has 2 heterocycles. The van der Waals surface area contributed by atoms with E-state index >= 15 is 0 Å². The normalized spacial score (nSPS) is 12.1. The summed E-state index contributed by atoms with van der Waals surface area (Å²) in [5, 5.41) is 15.1. The third kappa shape index (κ3) is 6.65. The standard InChI is InChI=1S/C22H21Cl2N5O5S/c1-2-7-35(33,34)19-9-18(26-12-27-19)28-17(22(31)32)8-13-5-3-4-6-16(13)29-21(30)20-14(23)10-25-11-15(20)24/h3-6,9-12,17H,2,7-8H2,1H3,(H,29,30)(H,31,32)(H,26,27,28)/t17-/m0/s1. The molecule has 3 N–H and O–H groups in total. The molecule has 1 atom stereocenters. The van der Waals surface area contributed by atoms with E-state index in [0.717, 1.165) is 6.33 Å². The van der Waals surface area contributed by atoms with E-state index in [0.29, 0.717) is 17.7 Å². The number of aliphatic carboxylic acids is 1. The van der Waals surface area contributed by atoms with Crippen molar-refractivity contribution in [1.82, 2.24) is 15.0 Å². The van der Waals surface area contributed by atoms with Crippen LogP contribution in [0, 0.1) is 0 Å². The fourth-order valence-corrected chi connectivity index (χ4v) is 4.98. The molecule has 0 saturated carbocycles. The molecule has 1 amide bonds. The van der Waals surface area contributed by atoms with Gasteiger partial charge >= 0.3 is 5.97 Å². The molecule has 13 heteroatoms. The first-order valence-electron chi connectivity index (χ1n) is 10.3. The van der Waals surface area contributed by atoms with E-state index in [9.17, 15) is 23.1 Å². The molecule has 0 aliphatic rings. The maximum Gasteiger partial charge on any atom is 0.326 e. The second-order valence-electron chi connectivity index (χ2n) is 7.39. The van der Waals surface area contributed by atoms with E-state index < -0.39 is 27.8 Å².